The third-order valence-corrected chi connectivity index (χ3v) is 5.34. The quantitative estimate of drug-likeness (QED) is 0.481. The van der Waals surface area contributed by atoms with Gasteiger partial charge in [-0.25, -0.2) is 8.42 Å². The van der Waals surface area contributed by atoms with E-state index in [0.717, 1.165) is 6.92 Å². The van der Waals surface area contributed by atoms with Gasteiger partial charge in [0.2, 0.25) is 0 Å². The van der Waals surface area contributed by atoms with Crippen molar-refractivity contribution in [3.63, 3.8) is 0 Å². The van der Waals surface area contributed by atoms with Gasteiger partial charge < -0.3 is 5.11 Å². The van der Waals surface area contributed by atoms with E-state index >= 15 is 0 Å². The number of aliphatic hydroxyl groups is 1. The maximum Gasteiger partial charge on any atom is 0.460 e. The summed E-state index contributed by atoms with van der Waals surface area (Å²) in [6.07, 6.45) is -8.05. The fraction of sp³-hybridized carbons (Fsp3) is 1.00. The molecular formula is C11H12F13NO3S. The van der Waals surface area contributed by atoms with Crippen LogP contribution >= 0.6 is 0 Å². The Balaban J connectivity index is 6.64. The Morgan fingerprint density at radius 1 is 0.690 bits per heavy atom. The lowest BCUT2D eigenvalue weighted by atomic mass is 9.98. The Bertz CT molecular complexity index is 668. The van der Waals surface area contributed by atoms with E-state index in [1.165, 1.54) is 0 Å². The molecule has 1 N–H and O–H groups in total. The molecule has 0 unspecified atom stereocenters. The van der Waals surface area contributed by atoms with E-state index in [1.807, 2.05) is 0 Å². The molecule has 0 aliphatic rings. The van der Waals surface area contributed by atoms with Crippen molar-refractivity contribution in [3.8, 4) is 0 Å². The number of aliphatic hydroxyl groups excluding tert-OH is 1. The highest BCUT2D eigenvalue weighted by atomic mass is 32.2. The molecule has 0 atom stereocenters. The van der Waals surface area contributed by atoms with Crippen LogP contribution in [-0.4, -0.2) is 72.6 Å². The predicted octanol–water partition coefficient (Wildman–Crippen LogP) is 3.72. The van der Waals surface area contributed by atoms with Gasteiger partial charge in [0.15, 0.2) is 0 Å². The molecule has 4 nitrogen and oxygen atoms in total. The molecule has 0 aromatic heterocycles. The summed E-state index contributed by atoms with van der Waals surface area (Å²) in [4.78, 5) is 0. The zero-order valence-corrected chi connectivity index (χ0v) is 14.7. The molecule has 0 aromatic carbocycles. The van der Waals surface area contributed by atoms with Crippen molar-refractivity contribution < 1.29 is 70.6 Å². The maximum atomic E-state index is 13.8. The van der Waals surface area contributed by atoms with Crippen molar-refractivity contribution in [2.75, 3.05) is 19.7 Å². The van der Waals surface area contributed by atoms with Crippen molar-refractivity contribution in [3.05, 3.63) is 0 Å². The molecule has 0 spiro atoms. The van der Waals surface area contributed by atoms with Crippen molar-refractivity contribution >= 4 is 10.0 Å². The predicted molar refractivity (Wildman–Crippen MR) is 68.7 cm³/mol. The summed E-state index contributed by atoms with van der Waals surface area (Å²) in [7, 11) is -7.06. The fourth-order valence-corrected chi connectivity index (χ4v) is 3.31. The molecule has 0 rings (SSSR count). The van der Waals surface area contributed by atoms with Crippen LogP contribution in [0.4, 0.5) is 57.1 Å². The summed E-state index contributed by atoms with van der Waals surface area (Å²) >= 11 is 0. The van der Waals surface area contributed by atoms with E-state index < -0.39 is 75.6 Å². The highest BCUT2D eigenvalue weighted by Crippen LogP contribution is 2.61. The minimum absolute atomic E-state index is 0.459. The van der Waals surface area contributed by atoms with E-state index in [1.54, 1.807) is 0 Å². The van der Waals surface area contributed by atoms with E-state index in [0.29, 0.717) is 0 Å². The first-order valence-electron chi connectivity index (χ1n) is 7.08. The molecule has 0 aromatic rings. The highest BCUT2D eigenvalue weighted by Gasteiger charge is 2.92. The largest absolute Gasteiger partial charge is 0.460 e. The topological polar surface area (TPSA) is 57.6 Å². The molecule has 0 saturated carbocycles. The van der Waals surface area contributed by atoms with Crippen molar-refractivity contribution in [1.29, 1.82) is 0 Å². The lowest BCUT2D eigenvalue weighted by molar-refractivity contribution is -0.433. The van der Waals surface area contributed by atoms with Gasteiger partial charge >= 0.3 is 35.1 Å². The Morgan fingerprint density at radius 2 is 1.07 bits per heavy atom. The summed E-state index contributed by atoms with van der Waals surface area (Å²) in [6.45, 7) is -2.87. The van der Waals surface area contributed by atoms with Crippen LogP contribution in [0.3, 0.4) is 0 Å². The monoisotopic (exact) mass is 485 g/mol. The molecule has 0 heterocycles. The third-order valence-electron chi connectivity index (χ3n) is 3.39. The maximum absolute atomic E-state index is 13.8. The van der Waals surface area contributed by atoms with Gasteiger partial charge in [0.05, 0.1) is 6.61 Å². The lowest BCUT2D eigenvalue weighted by Gasteiger charge is -2.40. The molecule has 0 aliphatic heterocycles. The second-order valence-corrected chi connectivity index (χ2v) is 7.42. The van der Waals surface area contributed by atoms with Gasteiger partial charge in [-0.3, -0.25) is 0 Å². The second-order valence-electron chi connectivity index (χ2n) is 5.44. The van der Waals surface area contributed by atoms with Crippen LogP contribution in [0.15, 0.2) is 0 Å². The van der Waals surface area contributed by atoms with Gasteiger partial charge in [0, 0.05) is 13.1 Å². The summed E-state index contributed by atoms with van der Waals surface area (Å²) in [5.74, 6) is -32.3. The summed E-state index contributed by atoms with van der Waals surface area (Å²) in [6, 6.07) is 0. The zero-order valence-electron chi connectivity index (χ0n) is 13.9. The van der Waals surface area contributed by atoms with Crippen molar-refractivity contribution in [1.82, 2.24) is 4.31 Å². The number of alkyl halides is 13. The molecule has 29 heavy (non-hydrogen) atoms. The van der Waals surface area contributed by atoms with Crippen LogP contribution < -0.4 is 0 Å². The van der Waals surface area contributed by atoms with E-state index in [4.69, 9.17) is 5.11 Å². The summed E-state index contributed by atoms with van der Waals surface area (Å²) in [5.41, 5.74) is 0. The second kappa shape index (κ2) is 7.90. The molecule has 18 heteroatoms. The van der Waals surface area contributed by atoms with Crippen LogP contribution in [0.1, 0.15) is 13.3 Å². The van der Waals surface area contributed by atoms with E-state index in [9.17, 15) is 65.5 Å². The summed E-state index contributed by atoms with van der Waals surface area (Å²) in [5, 5.41) is 1.27. The van der Waals surface area contributed by atoms with Crippen LogP contribution in [0.25, 0.3) is 0 Å². The molecule has 0 radical (unpaired) electrons. The normalized spacial score (nSPS) is 15.9. The van der Waals surface area contributed by atoms with E-state index in [-0.39, 0.29) is 0 Å². The van der Waals surface area contributed by atoms with Crippen LogP contribution in [0, 0.1) is 0 Å². The fourth-order valence-electron chi connectivity index (χ4n) is 1.79. The van der Waals surface area contributed by atoms with Crippen molar-refractivity contribution in [2.24, 2.45) is 0 Å². The zero-order chi connectivity index (χ0) is 23.9. The van der Waals surface area contributed by atoms with Gasteiger partial charge in [-0.2, -0.15) is 61.4 Å². The Kier molecular flexibility index (Phi) is 7.62. The first-order valence-corrected chi connectivity index (χ1v) is 8.52. The lowest BCUT2D eigenvalue weighted by Crippen LogP contribution is -2.72. The number of nitrogens with zero attached hydrogens (tertiary/aromatic N) is 1. The Morgan fingerprint density at radius 3 is 1.38 bits per heavy atom. The van der Waals surface area contributed by atoms with Crippen LogP contribution in [0.5, 0.6) is 0 Å². The SMILES string of the molecule is CCCN(CCO)S(=O)(=O)C(F)(F)C(F)(F)C(F)(F)C(F)(F)C(F)(F)C(F)(F)F. The van der Waals surface area contributed by atoms with Crippen molar-refractivity contribution in [2.45, 2.75) is 48.5 Å². The standard InChI is InChI=1S/C11H12F13NO3S/c1-2-3-25(4-5-26)29(27,28)11(23,24)9(18,19)7(14,15)6(12,13)8(16,17)10(20,21)22/h26H,2-5H2,1H3. The van der Waals surface area contributed by atoms with E-state index in [2.05, 4.69) is 0 Å². The van der Waals surface area contributed by atoms with Gasteiger partial charge in [0.1, 0.15) is 0 Å². The van der Waals surface area contributed by atoms with Gasteiger partial charge in [-0.1, -0.05) is 6.92 Å². The van der Waals surface area contributed by atoms with Gasteiger partial charge in [-0.05, 0) is 6.42 Å². The molecule has 0 fully saturated rings. The Hall–Kier alpha value is -1.04. The molecule has 0 amide bonds. The number of rotatable bonds is 10. The third kappa shape index (κ3) is 3.98. The summed E-state index contributed by atoms with van der Waals surface area (Å²) < 4.78 is 191. The minimum Gasteiger partial charge on any atom is -0.395 e. The smallest absolute Gasteiger partial charge is 0.395 e. The Labute approximate surface area is 154 Å². The molecular weight excluding hydrogens is 473 g/mol. The number of halogens is 13. The molecule has 0 saturated heterocycles. The minimum atomic E-state index is -8.20. The average molecular weight is 485 g/mol. The molecule has 0 bridgehead atoms. The van der Waals surface area contributed by atoms with Gasteiger partial charge in [0.25, 0.3) is 10.0 Å². The number of sulfonamides is 1. The van der Waals surface area contributed by atoms with Crippen LogP contribution in [-0.2, 0) is 10.0 Å². The first kappa shape index (κ1) is 28.0. The molecule has 0 aliphatic carbocycles. The average Bonchev–Trinajstić information content (AvgIpc) is 2.52. The van der Waals surface area contributed by atoms with Gasteiger partial charge in [-0.15, -0.1) is 0 Å². The van der Waals surface area contributed by atoms with Crippen LogP contribution in [0.2, 0.25) is 0 Å². The highest BCUT2D eigenvalue weighted by molar-refractivity contribution is 7.90. The molecule has 176 valence electrons. The first-order chi connectivity index (χ1) is 12.5. The number of hydrogen-bond donors (Lipinski definition) is 1. The number of hydrogen-bond acceptors (Lipinski definition) is 3.